The number of nitrogens with zero attached hydrogens (tertiary/aromatic N) is 2. The van der Waals surface area contributed by atoms with Crippen molar-refractivity contribution in [3.8, 4) is 0 Å². The van der Waals surface area contributed by atoms with Crippen LogP contribution < -0.4 is 0 Å². The molecule has 0 spiro atoms. The summed E-state index contributed by atoms with van der Waals surface area (Å²) in [5.41, 5.74) is 0. The minimum atomic E-state index is 0.133. The lowest BCUT2D eigenvalue weighted by molar-refractivity contribution is -0.127. The molecule has 1 aromatic heterocycles. The van der Waals surface area contributed by atoms with Crippen LogP contribution in [0.2, 0.25) is 0 Å². The standard InChI is InChI=1S/C13H18N2OS/c1-2-14-7-9-15(10-8-14)13(16)6-5-12-4-3-11-17-12/h3-6,11H,2,7-10H2,1H3/b6-5-. The smallest absolute Gasteiger partial charge is 0.246 e. The van der Waals surface area contributed by atoms with Crippen LogP contribution in [0.15, 0.2) is 23.6 Å². The van der Waals surface area contributed by atoms with Gasteiger partial charge in [0.1, 0.15) is 0 Å². The van der Waals surface area contributed by atoms with Gasteiger partial charge in [0.05, 0.1) is 0 Å². The van der Waals surface area contributed by atoms with Gasteiger partial charge in [0.2, 0.25) is 5.91 Å². The molecule has 0 atom stereocenters. The fourth-order valence-electron chi connectivity index (χ4n) is 1.93. The van der Waals surface area contributed by atoms with E-state index in [1.165, 1.54) is 0 Å². The van der Waals surface area contributed by atoms with E-state index in [0.29, 0.717) is 0 Å². The molecule has 92 valence electrons. The van der Waals surface area contributed by atoms with Crippen LogP contribution in [0.1, 0.15) is 11.8 Å². The lowest BCUT2D eigenvalue weighted by Crippen LogP contribution is -2.48. The van der Waals surface area contributed by atoms with Crippen LogP contribution in [0.4, 0.5) is 0 Å². The Kier molecular flexibility index (Phi) is 4.34. The normalized spacial score (nSPS) is 17.8. The summed E-state index contributed by atoms with van der Waals surface area (Å²) in [6.07, 6.45) is 3.59. The molecule has 1 aliphatic heterocycles. The highest BCUT2D eigenvalue weighted by Gasteiger charge is 2.17. The maximum absolute atomic E-state index is 11.9. The third-order valence-electron chi connectivity index (χ3n) is 3.06. The number of carbonyl (C=O) groups is 1. The molecule has 1 saturated heterocycles. The summed E-state index contributed by atoms with van der Waals surface area (Å²) < 4.78 is 0. The zero-order chi connectivity index (χ0) is 12.1. The molecule has 1 aromatic rings. The Morgan fingerprint density at radius 1 is 1.41 bits per heavy atom. The molecule has 0 unspecified atom stereocenters. The first-order chi connectivity index (χ1) is 8.29. The number of carbonyl (C=O) groups excluding carboxylic acids is 1. The number of thiophene rings is 1. The molecule has 17 heavy (non-hydrogen) atoms. The Balaban J connectivity index is 1.85. The molecule has 2 heterocycles. The highest BCUT2D eigenvalue weighted by atomic mass is 32.1. The van der Waals surface area contributed by atoms with Gasteiger partial charge in [-0.25, -0.2) is 0 Å². The number of rotatable bonds is 3. The van der Waals surface area contributed by atoms with Gasteiger partial charge in [-0.05, 0) is 24.1 Å². The first-order valence-electron chi connectivity index (χ1n) is 6.02. The quantitative estimate of drug-likeness (QED) is 0.765. The summed E-state index contributed by atoms with van der Waals surface area (Å²) in [6, 6.07) is 4.01. The molecule has 0 saturated carbocycles. The van der Waals surface area contributed by atoms with Crippen LogP contribution in [0, 0.1) is 0 Å². The van der Waals surface area contributed by atoms with Gasteiger partial charge in [-0.3, -0.25) is 4.79 Å². The van der Waals surface area contributed by atoms with Crippen LogP contribution >= 0.6 is 11.3 Å². The lowest BCUT2D eigenvalue weighted by atomic mass is 10.3. The third kappa shape index (κ3) is 3.41. The molecule has 2 rings (SSSR count). The van der Waals surface area contributed by atoms with Gasteiger partial charge >= 0.3 is 0 Å². The van der Waals surface area contributed by atoms with E-state index in [9.17, 15) is 4.79 Å². The largest absolute Gasteiger partial charge is 0.337 e. The first kappa shape index (κ1) is 12.3. The molecule has 0 radical (unpaired) electrons. The average Bonchev–Trinajstić information content (AvgIpc) is 2.89. The number of amides is 1. The van der Waals surface area contributed by atoms with Gasteiger partial charge in [0.25, 0.3) is 0 Å². The molecule has 1 fully saturated rings. The Morgan fingerprint density at radius 3 is 2.76 bits per heavy atom. The maximum Gasteiger partial charge on any atom is 0.246 e. The highest BCUT2D eigenvalue weighted by Crippen LogP contribution is 2.11. The van der Waals surface area contributed by atoms with E-state index < -0.39 is 0 Å². The van der Waals surface area contributed by atoms with Crippen LogP contribution in [0.25, 0.3) is 6.08 Å². The van der Waals surface area contributed by atoms with Crippen LogP contribution in [-0.2, 0) is 4.79 Å². The zero-order valence-electron chi connectivity index (χ0n) is 10.1. The van der Waals surface area contributed by atoms with Gasteiger partial charge in [-0.15, -0.1) is 11.3 Å². The summed E-state index contributed by atoms with van der Waals surface area (Å²) in [6.45, 7) is 6.92. The highest BCUT2D eigenvalue weighted by molar-refractivity contribution is 7.10. The summed E-state index contributed by atoms with van der Waals surface area (Å²) in [5.74, 6) is 0.133. The van der Waals surface area contributed by atoms with Gasteiger partial charge in [0, 0.05) is 37.1 Å². The van der Waals surface area contributed by atoms with Gasteiger partial charge in [-0.1, -0.05) is 13.0 Å². The minimum Gasteiger partial charge on any atom is -0.337 e. The van der Waals surface area contributed by atoms with Crippen molar-refractivity contribution in [1.82, 2.24) is 9.80 Å². The van der Waals surface area contributed by atoms with Crippen LogP contribution in [-0.4, -0.2) is 48.4 Å². The molecule has 1 aliphatic rings. The van der Waals surface area contributed by atoms with Crippen LogP contribution in [0.3, 0.4) is 0 Å². The second-order valence-electron chi connectivity index (χ2n) is 4.11. The maximum atomic E-state index is 11.9. The average molecular weight is 250 g/mol. The molecule has 0 bridgehead atoms. The molecular formula is C13H18N2OS. The van der Waals surface area contributed by atoms with Crippen LogP contribution in [0.5, 0.6) is 0 Å². The van der Waals surface area contributed by atoms with Crippen molar-refractivity contribution in [2.24, 2.45) is 0 Å². The van der Waals surface area contributed by atoms with Gasteiger partial charge in [0.15, 0.2) is 0 Å². The molecule has 0 aliphatic carbocycles. The topological polar surface area (TPSA) is 23.6 Å². The zero-order valence-corrected chi connectivity index (χ0v) is 10.9. The fourth-order valence-corrected chi connectivity index (χ4v) is 2.55. The number of likely N-dealkylation sites (N-methyl/N-ethyl adjacent to an activating group) is 1. The van der Waals surface area contributed by atoms with Crippen molar-refractivity contribution >= 4 is 23.3 Å². The number of hydrogen-bond acceptors (Lipinski definition) is 3. The second kappa shape index (κ2) is 5.98. The predicted octanol–water partition coefficient (Wildman–Crippen LogP) is 1.93. The number of piperazine rings is 1. The fraction of sp³-hybridized carbons (Fsp3) is 0.462. The Hall–Kier alpha value is -1.13. The Bertz CT molecular complexity index is 378. The number of hydrogen-bond donors (Lipinski definition) is 0. The van der Waals surface area contributed by atoms with E-state index in [4.69, 9.17) is 0 Å². The van der Waals surface area contributed by atoms with E-state index >= 15 is 0 Å². The monoisotopic (exact) mass is 250 g/mol. The minimum absolute atomic E-state index is 0.133. The molecule has 0 aromatic carbocycles. The van der Waals surface area contributed by atoms with Crippen molar-refractivity contribution in [1.29, 1.82) is 0 Å². The summed E-state index contributed by atoms with van der Waals surface area (Å²) in [7, 11) is 0. The second-order valence-corrected chi connectivity index (χ2v) is 5.09. The summed E-state index contributed by atoms with van der Waals surface area (Å²) in [5, 5.41) is 2.02. The third-order valence-corrected chi connectivity index (χ3v) is 3.90. The van der Waals surface area contributed by atoms with Crippen molar-refractivity contribution in [3.63, 3.8) is 0 Å². The van der Waals surface area contributed by atoms with E-state index in [2.05, 4.69) is 11.8 Å². The summed E-state index contributed by atoms with van der Waals surface area (Å²) in [4.78, 5) is 17.3. The summed E-state index contributed by atoms with van der Waals surface area (Å²) >= 11 is 1.65. The lowest BCUT2D eigenvalue weighted by Gasteiger charge is -2.33. The predicted molar refractivity (Wildman–Crippen MR) is 72.0 cm³/mol. The van der Waals surface area contributed by atoms with E-state index in [0.717, 1.165) is 37.6 Å². The Morgan fingerprint density at radius 2 is 2.18 bits per heavy atom. The Labute approximate surface area is 106 Å². The van der Waals surface area contributed by atoms with E-state index in [1.807, 2.05) is 28.5 Å². The first-order valence-corrected chi connectivity index (χ1v) is 6.90. The van der Waals surface area contributed by atoms with E-state index in [-0.39, 0.29) is 5.91 Å². The van der Waals surface area contributed by atoms with Gasteiger partial charge < -0.3 is 9.80 Å². The van der Waals surface area contributed by atoms with E-state index in [1.54, 1.807) is 17.4 Å². The molecule has 0 N–H and O–H groups in total. The van der Waals surface area contributed by atoms with Crippen molar-refractivity contribution in [2.45, 2.75) is 6.92 Å². The SMILES string of the molecule is CCN1CCN(C(=O)/C=C\c2cccs2)CC1. The van der Waals surface area contributed by atoms with Gasteiger partial charge in [-0.2, -0.15) is 0 Å². The molecule has 1 amide bonds. The molecule has 3 nitrogen and oxygen atoms in total. The van der Waals surface area contributed by atoms with Crippen molar-refractivity contribution in [3.05, 3.63) is 28.5 Å². The molecule has 4 heteroatoms. The molecular weight excluding hydrogens is 232 g/mol. The van der Waals surface area contributed by atoms with Crippen molar-refractivity contribution < 1.29 is 4.79 Å². The van der Waals surface area contributed by atoms with Crippen molar-refractivity contribution in [2.75, 3.05) is 32.7 Å².